The van der Waals surface area contributed by atoms with E-state index in [0.717, 1.165) is 56.6 Å². The highest BCUT2D eigenvalue weighted by Crippen LogP contribution is 2.42. The number of aromatic nitrogens is 2. The van der Waals surface area contributed by atoms with Crippen molar-refractivity contribution in [3.8, 4) is 0 Å². The fraction of sp³-hybridized carbons (Fsp3) is 0.708. The van der Waals surface area contributed by atoms with E-state index in [1.54, 1.807) is 0 Å². The molecule has 2 aliphatic rings. The second kappa shape index (κ2) is 8.10. The molecule has 3 heterocycles. The number of piperazine rings is 1. The molecule has 2 aromatic rings. The molecule has 5 nitrogen and oxygen atoms in total. The van der Waals surface area contributed by atoms with Crippen molar-refractivity contribution in [3.05, 3.63) is 16.3 Å². The fourth-order valence-corrected chi connectivity index (χ4v) is 5.95. The molecule has 6 heteroatoms. The number of carbonyl (C=O) groups is 1. The van der Waals surface area contributed by atoms with Crippen LogP contribution in [0.3, 0.4) is 0 Å². The molecule has 0 bridgehead atoms. The van der Waals surface area contributed by atoms with Crippen molar-refractivity contribution in [2.45, 2.75) is 73.1 Å². The van der Waals surface area contributed by atoms with Gasteiger partial charge in [0.2, 0.25) is 5.91 Å². The zero-order valence-electron chi connectivity index (χ0n) is 19.4. The SMILES string of the molecule is CC[C@H](C)c1nc(N2CCN(C(=O)C(C)(C)C)CC2)c2c3c(sc2n1)C[C@@H](C)CC3. The maximum absolute atomic E-state index is 12.7. The summed E-state index contributed by atoms with van der Waals surface area (Å²) in [5, 5.41) is 1.30. The van der Waals surface area contributed by atoms with Crippen LogP contribution in [-0.2, 0) is 17.6 Å². The number of fused-ring (bicyclic) bond motifs is 3. The number of nitrogens with zero attached hydrogens (tertiary/aromatic N) is 4. The van der Waals surface area contributed by atoms with Gasteiger partial charge in [0, 0.05) is 42.4 Å². The minimum absolute atomic E-state index is 0.247. The Labute approximate surface area is 184 Å². The van der Waals surface area contributed by atoms with E-state index in [4.69, 9.17) is 9.97 Å². The molecule has 1 fully saturated rings. The highest BCUT2D eigenvalue weighted by atomic mass is 32.1. The molecule has 1 saturated heterocycles. The molecule has 1 aliphatic heterocycles. The topological polar surface area (TPSA) is 49.3 Å². The predicted octanol–water partition coefficient (Wildman–Crippen LogP) is 5.02. The molecule has 0 N–H and O–H groups in total. The summed E-state index contributed by atoms with van der Waals surface area (Å²) in [4.78, 5) is 30.0. The number of aryl methyl sites for hydroxylation is 1. The molecule has 0 unspecified atom stereocenters. The highest BCUT2D eigenvalue weighted by Gasteiger charge is 2.32. The van der Waals surface area contributed by atoms with Gasteiger partial charge in [0.1, 0.15) is 16.5 Å². The van der Waals surface area contributed by atoms with Crippen LogP contribution in [0.4, 0.5) is 5.82 Å². The van der Waals surface area contributed by atoms with Crippen LogP contribution < -0.4 is 4.90 Å². The Morgan fingerprint density at radius 2 is 1.90 bits per heavy atom. The Morgan fingerprint density at radius 1 is 1.20 bits per heavy atom. The zero-order chi connectivity index (χ0) is 21.6. The third kappa shape index (κ3) is 3.95. The van der Waals surface area contributed by atoms with Crippen molar-refractivity contribution < 1.29 is 4.79 Å². The van der Waals surface area contributed by atoms with Gasteiger partial charge in [-0.2, -0.15) is 0 Å². The van der Waals surface area contributed by atoms with Crippen molar-refractivity contribution in [1.82, 2.24) is 14.9 Å². The summed E-state index contributed by atoms with van der Waals surface area (Å²) in [6.45, 7) is 16.0. The van der Waals surface area contributed by atoms with Crippen LogP contribution in [0.5, 0.6) is 0 Å². The van der Waals surface area contributed by atoms with Crippen LogP contribution in [0.2, 0.25) is 0 Å². The molecule has 0 spiro atoms. The van der Waals surface area contributed by atoms with Crippen LogP contribution in [0.25, 0.3) is 10.2 Å². The summed E-state index contributed by atoms with van der Waals surface area (Å²) in [6.07, 6.45) is 4.60. The van der Waals surface area contributed by atoms with Gasteiger partial charge in [-0.05, 0) is 37.2 Å². The van der Waals surface area contributed by atoms with Gasteiger partial charge in [0.05, 0.1) is 5.39 Å². The van der Waals surface area contributed by atoms with E-state index in [2.05, 4.69) is 25.7 Å². The maximum Gasteiger partial charge on any atom is 0.228 e. The van der Waals surface area contributed by atoms with E-state index in [9.17, 15) is 4.79 Å². The average molecular weight is 429 g/mol. The Bertz CT molecular complexity index is 937. The molecular formula is C24H36N4OS. The molecule has 164 valence electrons. The lowest BCUT2D eigenvalue weighted by Crippen LogP contribution is -2.52. The minimum atomic E-state index is -0.322. The monoisotopic (exact) mass is 428 g/mol. The van der Waals surface area contributed by atoms with E-state index >= 15 is 0 Å². The molecule has 0 saturated carbocycles. The maximum atomic E-state index is 12.7. The van der Waals surface area contributed by atoms with Gasteiger partial charge < -0.3 is 9.80 Å². The Kier molecular flexibility index (Phi) is 5.82. The van der Waals surface area contributed by atoms with Crippen LogP contribution in [0.1, 0.15) is 76.6 Å². The number of hydrogen-bond donors (Lipinski definition) is 0. The smallest absolute Gasteiger partial charge is 0.228 e. The molecular weight excluding hydrogens is 392 g/mol. The van der Waals surface area contributed by atoms with E-state index in [0.29, 0.717) is 5.92 Å². The van der Waals surface area contributed by atoms with Crippen molar-refractivity contribution in [2.24, 2.45) is 11.3 Å². The third-order valence-electron chi connectivity index (χ3n) is 6.71. The number of rotatable bonds is 3. The van der Waals surface area contributed by atoms with E-state index in [1.165, 1.54) is 33.5 Å². The van der Waals surface area contributed by atoms with Crippen LogP contribution in [0, 0.1) is 11.3 Å². The van der Waals surface area contributed by atoms with Crippen molar-refractivity contribution in [1.29, 1.82) is 0 Å². The van der Waals surface area contributed by atoms with Gasteiger partial charge in [0.25, 0.3) is 0 Å². The largest absolute Gasteiger partial charge is 0.352 e. The zero-order valence-corrected chi connectivity index (χ0v) is 20.2. The number of hydrogen-bond acceptors (Lipinski definition) is 5. The van der Waals surface area contributed by atoms with Gasteiger partial charge in [0.15, 0.2) is 0 Å². The van der Waals surface area contributed by atoms with Gasteiger partial charge in [-0.1, -0.05) is 41.5 Å². The van der Waals surface area contributed by atoms with Crippen LogP contribution >= 0.6 is 11.3 Å². The summed E-state index contributed by atoms with van der Waals surface area (Å²) in [7, 11) is 0. The first-order valence-corrected chi connectivity index (χ1v) is 12.4. The number of carbonyl (C=O) groups excluding carboxylic acids is 1. The summed E-state index contributed by atoms with van der Waals surface area (Å²) < 4.78 is 0. The Hall–Kier alpha value is -1.69. The van der Waals surface area contributed by atoms with Gasteiger partial charge in [-0.3, -0.25) is 4.79 Å². The first-order chi connectivity index (χ1) is 14.2. The molecule has 0 aromatic carbocycles. The third-order valence-corrected chi connectivity index (χ3v) is 7.86. The summed E-state index contributed by atoms with van der Waals surface area (Å²) in [5.74, 6) is 3.44. The lowest BCUT2D eigenvalue weighted by Gasteiger charge is -2.38. The Balaban J connectivity index is 1.70. The second-order valence-corrected chi connectivity index (χ2v) is 11.4. The first kappa shape index (κ1) is 21.5. The lowest BCUT2D eigenvalue weighted by atomic mass is 9.89. The summed E-state index contributed by atoms with van der Waals surface area (Å²) >= 11 is 1.89. The number of anilines is 1. The average Bonchev–Trinajstić information content (AvgIpc) is 3.08. The molecule has 30 heavy (non-hydrogen) atoms. The Morgan fingerprint density at radius 3 is 2.53 bits per heavy atom. The van der Waals surface area contributed by atoms with E-state index < -0.39 is 0 Å². The van der Waals surface area contributed by atoms with Gasteiger partial charge >= 0.3 is 0 Å². The predicted molar refractivity (Wildman–Crippen MR) is 126 cm³/mol. The standard InChI is InChI=1S/C24H36N4OS/c1-7-16(3)20-25-21(27-10-12-28(13-11-27)23(29)24(4,5)6)19-17-9-8-15(2)14-18(17)30-22(19)26-20/h15-16H,7-14H2,1-6H3/t15-,16-/m0/s1. The lowest BCUT2D eigenvalue weighted by molar-refractivity contribution is -0.139. The normalized spacial score (nSPS) is 21.1. The first-order valence-electron chi connectivity index (χ1n) is 11.6. The summed E-state index contributed by atoms with van der Waals surface area (Å²) in [5.41, 5.74) is 1.17. The van der Waals surface area contributed by atoms with Gasteiger partial charge in [-0.25, -0.2) is 9.97 Å². The van der Waals surface area contributed by atoms with Crippen LogP contribution in [-0.4, -0.2) is 47.0 Å². The fourth-order valence-electron chi connectivity index (χ4n) is 4.57. The van der Waals surface area contributed by atoms with Crippen LogP contribution in [0.15, 0.2) is 0 Å². The molecule has 1 amide bonds. The van der Waals surface area contributed by atoms with E-state index in [-0.39, 0.29) is 11.3 Å². The van der Waals surface area contributed by atoms with Crippen molar-refractivity contribution in [2.75, 3.05) is 31.1 Å². The molecule has 2 aromatic heterocycles. The van der Waals surface area contributed by atoms with E-state index in [1.807, 2.05) is 37.0 Å². The summed E-state index contributed by atoms with van der Waals surface area (Å²) in [6, 6.07) is 0. The van der Waals surface area contributed by atoms with Crippen molar-refractivity contribution >= 4 is 33.3 Å². The molecule has 1 aliphatic carbocycles. The van der Waals surface area contributed by atoms with Gasteiger partial charge in [-0.15, -0.1) is 11.3 Å². The molecule has 0 radical (unpaired) electrons. The number of thiophene rings is 1. The molecule has 4 rings (SSSR count). The number of amides is 1. The highest BCUT2D eigenvalue weighted by molar-refractivity contribution is 7.19. The van der Waals surface area contributed by atoms with Crippen molar-refractivity contribution in [3.63, 3.8) is 0 Å². The second-order valence-electron chi connectivity index (χ2n) is 10.3. The quantitative estimate of drug-likeness (QED) is 0.688. The molecule has 2 atom stereocenters. The minimum Gasteiger partial charge on any atom is -0.352 e.